The summed E-state index contributed by atoms with van der Waals surface area (Å²) in [6, 6.07) is 13.6. The van der Waals surface area contributed by atoms with Gasteiger partial charge in [0.2, 0.25) is 0 Å². The van der Waals surface area contributed by atoms with Crippen LogP contribution < -0.4 is 0 Å². The van der Waals surface area contributed by atoms with Crippen molar-refractivity contribution in [1.29, 1.82) is 0 Å². The van der Waals surface area contributed by atoms with Crippen molar-refractivity contribution in [3.05, 3.63) is 71.4 Å². The fourth-order valence-electron chi connectivity index (χ4n) is 4.06. The van der Waals surface area contributed by atoms with E-state index in [1.54, 1.807) is 30.3 Å². The van der Waals surface area contributed by atoms with Gasteiger partial charge in [-0.05, 0) is 23.1 Å². The lowest BCUT2D eigenvalue weighted by Crippen LogP contribution is -2.71. The van der Waals surface area contributed by atoms with Crippen molar-refractivity contribution in [2.45, 2.75) is 42.6 Å². The summed E-state index contributed by atoms with van der Waals surface area (Å²) in [6.07, 6.45) is -8.42. The second-order valence-electron chi connectivity index (χ2n) is 7.80. The number of aliphatic hydroxyl groups is 4. The van der Waals surface area contributed by atoms with E-state index in [2.05, 4.69) is 4.98 Å². The van der Waals surface area contributed by atoms with Gasteiger partial charge in [-0.15, -0.1) is 0 Å². The van der Waals surface area contributed by atoms with Gasteiger partial charge in [0, 0.05) is 23.2 Å². The third kappa shape index (κ3) is 3.62. The molecule has 0 spiro atoms. The molecule has 1 aromatic heterocycles. The standard InChI is InChI=1S/C22H22F3NO5/c23-20(24)13-7-5-12(6-8-13)10-21(29)19(28)18(31-17(11-27)22(21,25)30)16-9-14-3-1-2-4-15(14)26-16/h1-9,17-20,26-30H,10-11H2/t17-,18+,19+,21-,22-/m1/s1. The Morgan fingerprint density at radius 2 is 1.74 bits per heavy atom. The largest absolute Gasteiger partial charge is 0.393 e. The van der Waals surface area contributed by atoms with Gasteiger partial charge in [0.15, 0.2) is 5.60 Å². The van der Waals surface area contributed by atoms with Crippen LogP contribution >= 0.6 is 0 Å². The normalized spacial score (nSPS) is 31.4. The van der Waals surface area contributed by atoms with Crippen LogP contribution in [-0.4, -0.2) is 55.7 Å². The average molecular weight is 437 g/mol. The van der Waals surface area contributed by atoms with Crippen LogP contribution in [0.15, 0.2) is 54.6 Å². The zero-order chi connectivity index (χ0) is 22.4. The predicted molar refractivity (Wildman–Crippen MR) is 105 cm³/mol. The highest BCUT2D eigenvalue weighted by molar-refractivity contribution is 5.80. The molecule has 6 nitrogen and oxygen atoms in total. The van der Waals surface area contributed by atoms with Crippen LogP contribution in [0.1, 0.15) is 29.4 Å². The Balaban J connectivity index is 1.72. The van der Waals surface area contributed by atoms with Crippen molar-refractivity contribution in [1.82, 2.24) is 4.98 Å². The summed E-state index contributed by atoms with van der Waals surface area (Å²) in [6.45, 7) is -0.969. The van der Waals surface area contributed by atoms with Crippen molar-refractivity contribution >= 4 is 10.9 Å². The minimum atomic E-state index is -3.52. The van der Waals surface area contributed by atoms with E-state index in [9.17, 15) is 29.2 Å². The Kier molecular flexibility index (Phi) is 5.57. The number of para-hydroxylation sites is 1. The zero-order valence-corrected chi connectivity index (χ0v) is 16.3. The molecule has 0 bridgehead atoms. The molecule has 3 aromatic rings. The molecule has 1 aliphatic heterocycles. The van der Waals surface area contributed by atoms with Gasteiger partial charge in [0.1, 0.15) is 18.3 Å². The molecular weight excluding hydrogens is 415 g/mol. The molecule has 4 rings (SSSR count). The molecule has 1 aliphatic rings. The molecule has 9 heteroatoms. The van der Waals surface area contributed by atoms with Gasteiger partial charge in [0.05, 0.1) is 6.61 Å². The molecule has 5 N–H and O–H groups in total. The summed E-state index contributed by atoms with van der Waals surface area (Å²) in [5.74, 6) is -3.52. The van der Waals surface area contributed by atoms with Crippen molar-refractivity contribution in [2.24, 2.45) is 0 Å². The first kappa shape index (κ1) is 21.8. The second kappa shape index (κ2) is 7.92. The Bertz CT molecular complexity index is 1020. The van der Waals surface area contributed by atoms with Crippen LogP contribution in [0, 0.1) is 0 Å². The number of alkyl halides is 3. The predicted octanol–water partition coefficient (Wildman–Crippen LogP) is 2.53. The first-order valence-corrected chi connectivity index (χ1v) is 9.70. The molecular formula is C22H22F3NO5. The number of nitrogens with one attached hydrogen (secondary N) is 1. The van der Waals surface area contributed by atoms with E-state index in [4.69, 9.17) is 4.74 Å². The molecule has 0 saturated carbocycles. The lowest BCUT2D eigenvalue weighted by atomic mass is 9.75. The zero-order valence-electron chi connectivity index (χ0n) is 16.3. The summed E-state index contributed by atoms with van der Waals surface area (Å²) >= 11 is 0. The monoisotopic (exact) mass is 437 g/mol. The number of aliphatic hydroxyl groups excluding tert-OH is 2. The fraction of sp³-hybridized carbons (Fsp3) is 0.364. The minimum absolute atomic E-state index is 0.205. The second-order valence-corrected chi connectivity index (χ2v) is 7.80. The van der Waals surface area contributed by atoms with Gasteiger partial charge >= 0.3 is 0 Å². The number of hydrogen-bond acceptors (Lipinski definition) is 5. The van der Waals surface area contributed by atoms with E-state index in [1.807, 2.05) is 0 Å². The van der Waals surface area contributed by atoms with Gasteiger partial charge in [-0.1, -0.05) is 42.5 Å². The lowest BCUT2D eigenvalue weighted by molar-refractivity contribution is -0.367. The molecule has 2 heterocycles. The van der Waals surface area contributed by atoms with Crippen molar-refractivity contribution < 1.29 is 38.3 Å². The number of halogens is 3. The Morgan fingerprint density at radius 1 is 1.06 bits per heavy atom. The van der Waals surface area contributed by atoms with E-state index in [0.717, 1.165) is 17.5 Å². The molecule has 2 aromatic carbocycles. The van der Waals surface area contributed by atoms with E-state index in [0.29, 0.717) is 11.2 Å². The minimum Gasteiger partial charge on any atom is -0.393 e. The highest BCUT2D eigenvalue weighted by atomic mass is 19.3. The highest BCUT2D eigenvalue weighted by Gasteiger charge is 2.66. The quantitative estimate of drug-likeness (QED) is 0.422. The van der Waals surface area contributed by atoms with E-state index in [1.165, 1.54) is 12.1 Å². The molecule has 31 heavy (non-hydrogen) atoms. The van der Waals surface area contributed by atoms with E-state index in [-0.39, 0.29) is 11.1 Å². The molecule has 5 atom stereocenters. The molecule has 166 valence electrons. The maximum Gasteiger partial charge on any atom is 0.267 e. The number of H-pyrrole nitrogens is 1. The van der Waals surface area contributed by atoms with Gasteiger partial charge in [0.25, 0.3) is 12.3 Å². The van der Waals surface area contributed by atoms with Crippen molar-refractivity contribution in [3.8, 4) is 0 Å². The molecule has 0 amide bonds. The smallest absolute Gasteiger partial charge is 0.267 e. The third-order valence-electron chi connectivity index (χ3n) is 5.85. The number of aromatic amines is 1. The summed E-state index contributed by atoms with van der Waals surface area (Å²) in [4.78, 5) is 3.02. The fourth-order valence-corrected chi connectivity index (χ4v) is 4.06. The van der Waals surface area contributed by atoms with Crippen LogP contribution in [0.3, 0.4) is 0 Å². The number of hydrogen-bond donors (Lipinski definition) is 5. The Labute approximate surface area is 175 Å². The van der Waals surface area contributed by atoms with Crippen molar-refractivity contribution in [3.63, 3.8) is 0 Å². The maximum absolute atomic E-state index is 15.4. The lowest BCUT2D eigenvalue weighted by Gasteiger charge is -2.51. The first-order valence-electron chi connectivity index (χ1n) is 9.70. The van der Waals surface area contributed by atoms with Crippen LogP contribution in [-0.2, 0) is 11.2 Å². The molecule has 0 aliphatic carbocycles. The molecule has 1 fully saturated rings. The van der Waals surface area contributed by atoms with Gasteiger partial charge < -0.3 is 30.1 Å². The number of rotatable bonds is 5. The summed E-state index contributed by atoms with van der Waals surface area (Å²) < 4.78 is 46.4. The van der Waals surface area contributed by atoms with Crippen LogP contribution in [0.2, 0.25) is 0 Å². The number of benzene rings is 2. The van der Waals surface area contributed by atoms with Gasteiger partial charge in [-0.2, -0.15) is 0 Å². The summed E-state index contributed by atoms with van der Waals surface area (Å²) in [7, 11) is 0. The topological polar surface area (TPSA) is 106 Å². The first-order chi connectivity index (χ1) is 14.7. The molecule has 1 saturated heterocycles. The Morgan fingerprint density at radius 3 is 2.35 bits per heavy atom. The summed E-state index contributed by atoms with van der Waals surface area (Å²) in [5, 5.41) is 42.9. The summed E-state index contributed by atoms with van der Waals surface area (Å²) in [5.41, 5.74) is -1.83. The average Bonchev–Trinajstić information content (AvgIpc) is 3.17. The van der Waals surface area contributed by atoms with Gasteiger partial charge in [-0.3, -0.25) is 0 Å². The third-order valence-corrected chi connectivity index (χ3v) is 5.85. The van der Waals surface area contributed by atoms with Crippen LogP contribution in [0.25, 0.3) is 10.9 Å². The Hall–Kier alpha value is -2.43. The SMILES string of the molecule is OC[C@H]1O[C@@H](c2cc3ccccc3[nH]2)[C@H](O)[C@](O)(Cc2ccc(C(F)F)cc2)[C@@]1(O)F. The van der Waals surface area contributed by atoms with Crippen molar-refractivity contribution in [2.75, 3.05) is 6.61 Å². The number of ether oxygens (including phenoxy) is 1. The van der Waals surface area contributed by atoms with E-state index < -0.39 is 49.2 Å². The van der Waals surface area contributed by atoms with E-state index >= 15 is 4.39 Å². The van der Waals surface area contributed by atoms with Gasteiger partial charge in [-0.25, -0.2) is 13.2 Å². The highest BCUT2D eigenvalue weighted by Crippen LogP contribution is 2.46. The van der Waals surface area contributed by atoms with Crippen LogP contribution in [0.4, 0.5) is 13.2 Å². The maximum atomic E-state index is 15.4. The number of aromatic nitrogens is 1. The molecule has 0 radical (unpaired) electrons. The molecule has 0 unspecified atom stereocenters. The van der Waals surface area contributed by atoms with Crippen LogP contribution in [0.5, 0.6) is 0 Å². The number of fused-ring (bicyclic) bond motifs is 1.